The molecule has 0 aliphatic heterocycles. The van der Waals surface area contributed by atoms with Crippen LogP contribution in [0.5, 0.6) is 0 Å². The lowest BCUT2D eigenvalue weighted by Crippen LogP contribution is -2.53. The van der Waals surface area contributed by atoms with Gasteiger partial charge >= 0.3 is 0 Å². The average Bonchev–Trinajstić information content (AvgIpc) is 2.32. The summed E-state index contributed by atoms with van der Waals surface area (Å²) in [4.78, 5) is 25.2. The van der Waals surface area contributed by atoms with Crippen LogP contribution in [0.25, 0.3) is 0 Å². The predicted molar refractivity (Wildman–Crippen MR) is 75.1 cm³/mol. The summed E-state index contributed by atoms with van der Waals surface area (Å²) in [5.41, 5.74) is 11.2. The molecule has 0 bridgehead atoms. The van der Waals surface area contributed by atoms with Crippen molar-refractivity contribution in [1.82, 2.24) is 4.90 Å². The van der Waals surface area contributed by atoms with Crippen LogP contribution >= 0.6 is 0 Å². The highest BCUT2D eigenvalue weighted by molar-refractivity contribution is 5.85. The first kappa shape index (κ1) is 16.0. The number of carbonyl (C=O) groups excluding carboxylic acids is 2. The Balaban J connectivity index is 2.88. The Labute approximate surface area is 115 Å². The van der Waals surface area contributed by atoms with Gasteiger partial charge in [-0.05, 0) is 31.1 Å². The molecule has 1 aliphatic rings. The van der Waals surface area contributed by atoms with Crippen LogP contribution < -0.4 is 11.5 Å². The number of hydrogen-bond donors (Lipinski definition) is 2. The van der Waals surface area contributed by atoms with E-state index in [1.54, 1.807) is 4.90 Å². The fraction of sp³-hybridized carbons (Fsp3) is 0.857. The van der Waals surface area contributed by atoms with Crippen molar-refractivity contribution in [2.24, 2.45) is 28.7 Å². The van der Waals surface area contributed by atoms with Crippen LogP contribution in [0.15, 0.2) is 0 Å². The van der Waals surface area contributed by atoms with Gasteiger partial charge in [0.1, 0.15) is 0 Å². The first-order valence-corrected chi connectivity index (χ1v) is 7.04. The number of nitrogens with zero attached hydrogens (tertiary/aromatic N) is 1. The Hall–Kier alpha value is -1.10. The lowest BCUT2D eigenvalue weighted by molar-refractivity contribution is -0.145. The van der Waals surface area contributed by atoms with Crippen LogP contribution in [0.3, 0.4) is 0 Å². The van der Waals surface area contributed by atoms with E-state index in [0.717, 1.165) is 12.8 Å². The lowest BCUT2D eigenvalue weighted by atomic mass is 9.60. The molecule has 3 atom stereocenters. The quantitative estimate of drug-likeness (QED) is 0.788. The highest BCUT2D eigenvalue weighted by Gasteiger charge is 2.46. The van der Waals surface area contributed by atoms with Crippen molar-refractivity contribution in [3.63, 3.8) is 0 Å². The molecule has 1 fully saturated rings. The van der Waals surface area contributed by atoms with E-state index in [1.165, 1.54) is 0 Å². The zero-order valence-corrected chi connectivity index (χ0v) is 12.5. The maximum absolute atomic E-state index is 12.6. The van der Waals surface area contributed by atoms with Crippen molar-refractivity contribution < 1.29 is 9.59 Å². The fourth-order valence-corrected chi connectivity index (χ4v) is 3.05. The molecule has 4 N–H and O–H groups in total. The van der Waals surface area contributed by atoms with E-state index < -0.39 is 5.91 Å². The van der Waals surface area contributed by atoms with Gasteiger partial charge in [0, 0.05) is 18.5 Å². The molecule has 0 radical (unpaired) electrons. The van der Waals surface area contributed by atoms with E-state index in [2.05, 4.69) is 20.8 Å². The maximum atomic E-state index is 12.6. The van der Waals surface area contributed by atoms with E-state index >= 15 is 0 Å². The van der Waals surface area contributed by atoms with Gasteiger partial charge in [-0.2, -0.15) is 0 Å². The summed E-state index contributed by atoms with van der Waals surface area (Å²) in [6.07, 6.45) is 1.64. The smallest absolute Gasteiger partial charge is 0.237 e. The summed E-state index contributed by atoms with van der Waals surface area (Å²) in [6.45, 7) is 8.67. The molecular formula is C14H27N3O2. The monoisotopic (exact) mass is 269 g/mol. The van der Waals surface area contributed by atoms with Crippen LogP contribution in [0.2, 0.25) is 0 Å². The molecule has 19 heavy (non-hydrogen) atoms. The molecule has 0 aromatic carbocycles. The lowest BCUT2D eigenvalue weighted by Gasteiger charge is -2.47. The van der Waals surface area contributed by atoms with Crippen molar-refractivity contribution in [3.05, 3.63) is 0 Å². The van der Waals surface area contributed by atoms with Gasteiger partial charge < -0.3 is 16.4 Å². The molecule has 5 nitrogen and oxygen atoms in total. The normalized spacial score (nSPS) is 29.8. The second-order valence-corrected chi connectivity index (χ2v) is 6.22. The van der Waals surface area contributed by atoms with Crippen LogP contribution in [0.4, 0.5) is 0 Å². The highest BCUT2D eigenvalue weighted by atomic mass is 16.2. The zero-order chi connectivity index (χ0) is 14.8. The summed E-state index contributed by atoms with van der Waals surface area (Å²) >= 11 is 0. The van der Waals surface area contributed by atoms with Gasteiger partial charge in [0.15, 0.2) is 0 Å². The molecule has 0 aromatic rings. The minimum atomic E-state index is -0.464. The number of rotatable bonds is 4. The van der Waals surface area contributed by atoms with Gasteiger partial charge in [0.2, 0.25) is 11.8 Å². The topological polar surface area (TPSA) is 89.4 Å². The fourth-order valence-electron chi connectivity index (χ4n) is 3.05. The van der Waals surface area contributed by atoms with Gasteiger partial charge in [-0.3, -0.25) is 9.59 Å². The van der Waals surface area contributed by atoms with Gasteiger partial charge in [-0.25, -0.2) is 0 Å². The first-order chi connectivity index (χ1) is 8.71. The minimum Gasteiger partial charge on any atom is -0.368 e. The largest absolute Gasteiger partial charge is 0.368 e. The van der Waals surface area contributed by atoms with Gasteiger partial charge in [-0.1, -0.05) is 20.8 Å². The minimum absolute atomic E-state index is 0.00233. The number of likely N-dealkylation sites (N-methyl/N-ethyl adjacent to an activating group) is 1. The summed E-state index contributed by atoms with van der Waals surface area (Å²) in [6, 6.07) is 0.144. The first-order valence-electron chi connectivity index (χ1n) is 7.04. The SMILES string of the molecule is CCN(CC(N)=O)C(=O)C1CCC(N)C(C)C1(C)C. The van der Waals surface area contributed by atoms with E-state index in [-0.39, 0.29) is 35.7 Å². The van der Waals surface area contributed by atoms with Crippen molar-refractivity contribution in [2.45, 2.75) is 46.6 Å². The Kier molecular flexibility index (Phi) is 4.96. The molecule has 1 aliphatic carbocycles. The number of carbonyl (C=O) groups is 2. The average molecular weight is 269 g/mol. The van der Waals surface area contributed by atoms with Crippen molar-refractivity contribution in [1.29, 1.82) is 0 Å². The Bertz CT molecular complexity index is 355. The van der Waals surface area contributed by atoms with E-state index in [1.807, 2.05) is 6.92 Å². The van der Waals surface area contributed by atoms with Crippen LogP contribution in [0.1, 0.15) is 40.5 Å². The molecule has 0 aromatic heterocycles. The third-order valence-electron chi connectivity index (χ3n) is 4.84. The molecular weight excluding hydrogens is 242 g/mol. The molecule has 2 amide bonds. The molecule has 5 heteroatoms. The second-order valence-electron chi connectivity index (χ2n) is 6.22. The third kappa shape index (κ3) is 3.26. The van der Waals surface area contributed by atoms with Gasteiger partial charge in [-0.15, -0.1) is 0 Å². The van der Waals surface area contributed by atoms with Crippen LogP contribution in [-0.2, 0) is 9.59 Å². The van der Waals surface area contributed by atoms with Crippen LogP contribution in [0, 0.1) is 17.3 Å². The van der Waals surface area contributed by atoms with Gasteiger partial charge in [0.05, 0.1) is 6.54 Å². The molecule has 110 valence electrons. The van der Waals surface area contributed by atoms with Gasteiger partial charge in [0.25, 0.3) is 0 Å². The van der Waals surface area contributed by atoms with E-state index in [4.69, 9.17) is 11.5 Å². The van der Waals surface area contributed by atoms with E-state index in [0.29, 0.717) is 6.54 Å². The summed E-state index contributed by atoms with van der Waals surface area (Å²) < 4.78 is 0. The number of hydrogen-bond acceptors (Lipinski definition) is 3. The highest BCUT2D eigenvalue weighted by Crippen LogP contribution is 2.45. The predicted octanol–water partition coefficient (Wildman–Crippen LogP) is 0.720. The van der Waals surface area contributed by atoms with Crippen molar-refractivity contribution in [2.75, 3.05) is 13.1 Å². The molecule has 1 saturated carbocycles. The van der Waals surface area contributed by atoms with Crippen LogP contribution in [-0.4, -0.2) is 35.8 Å². The number of primary amides is 1. The Morgan fingerprint density at radius 2 is 1.89 bits per heavy atom. The molecule has 3 unspecified atom stereocenters. The number of nitrogens with two attached hydrogens (primary N) is 2. The van der Waals surface area contributed by atoms with Crippen molar-refractivity contribution in [3.8, 4) is 0 Å². The second kappa shape index (κ2) is 5.90. The zero-order valence-electron chi connectivity index (χ0n) is 12.5. The van der Waals surface area contributed by atoms with E-state index in [9.17, 15) is 9.59 Å². The summed E-state index contributed by atoms with van der Waals surface area (Å²) in [7, 11) is 0. The summed E-state index contributed by atoms with van der Waals surface area (Å²) in [5.74, 6) is -0.234. The molecule has 0 spiro atoms. The summed E-state index contributed by atoms with van der Waals surface area (Å²) in [5, 5.41) is 0. The third-order valence-corrected chi connectivity index (χ3v) is 4.84. The number of amides is 2. The Morgan fingerprint density at radius 1 is 1.32 bits per heavy atom. The van der Waals surface area contributed by atoms with Crippen molar-refractivity contribution >= 4 is 11.8 Å². The Morgan fingerprint density at radius 3 is 2.37 bits per heavy atom. The molecule has 0 heterocycles. The molecule has 0 saturated heterocycles. The molecule has 1 rings (SSSR count). The maximum Gasteiger partial charge on any atom is 0.237 e. The standard InChI is InChI=1S/C14H27N3O2/c1-5-17(8-12(16)18)13(19)10-6-7-11(15)9(2)14(10,3)4/h9-11H,5-8,15H2,1-4H3,(H2,16,18).